The molecule has 2 aliphatic rings. The average molecular weight is 260 g/mol. The van der Waals surface area contributed by atoms with Gasteiger partial charge in [-0.25, -0.2) is 0 Å². The van der Waals surface area contributed by atoms with Gasteiger partial charge >= 0.3 is 0 Å². The summed E-state index contributed by atoms with van der Waals surface area (Å²) >= 11 is 0. The van der Waals surface area contributed by atoms with Crippen LogP contribution < -0.4 is 5.32 Å². The molecule has 3 heterocycles. The number of carbonyl (C=O) groups is 1. The molecule has 4 nitrogen and oxygen atoms in total. The molecule has 102 valence electrons. The van der Waals surface area contributed by atoms with Gasteiger partial charge in [-0.1, -0.05) is 6.92 Å². The Morgan fingerprint density at radius 2 is 2.47 bits per heavy atom. The van der Waals surface area contributed by atoms with Crippen molar-refractivity contribution >= 4 is 12.0 Å². The minimum Gasteiger partial charge on any atom is -0.465 e. The normalized spacial score (nSPS) is 30.2. The van der Waals surface area contributed by atoms with Gasteiger partial charge in [0.15, 0.2) is 0 Å². The maximum absolute atomic E-state index is 12.3. The highest BCUT2D eigenvalue weighted by Gasteiger charge is 2.44. The van der Waals surface area contributed by atoms with Crippen molar-refractivity contribution in [1.82, 2.24) is 10.2 Å². The highest BCUT2D eigenvalue weighted by atomic mass is 16.3. The fraction of sp³-hybridized carbons (Fsp3) is 0.533. The van der Waals surface area contributed by atoms with Crippen molar-refractivity contribution in [2.75, 3.05) is 19.6 Å². The molecule has 0 radical (unpaired) electrons. The molecule has 3 rings (SSSR count). The zero-order chi connectivity index (χ0) is 13.2. The van der Waals surface area contributed by atoms with Crippen LogP contribution in [0, 0.1) is 11.8 Å². The van der Waals surface area contributed by atoms with Gasteiger partial charge in [-0.3, -0.25) is 4.79 Å². The van der Waals surface area contributed by atoms with E-state index in [-0.39, 0.29) is 5.91 Å². The Hall–Kier alpha value is -1.55. The molecule has 0 spiro atoms. The summed E-state index contributed by atoms with van der Waals surface area (Å²) in [5.74, 6) is 2.09. The second-order valence-corrected chi connectivity index (χ2v) is 5.40. The summed E-state index contributed by atoms with van der Waals surface area (Å²) in [7, 11) is 0. The van der Waals surface area contributed by atoms with Crippen LogP contribution in [0.4, 0.5) is 0 Å². The fourth-order valence-corrected chi connectivity index (χ4v) is 3.43. The molecule has 0 saturated carbocycles. The predicted octanol–water partition coefficient (Wildman–Crippen LogP) is 1.75. The number of furan rings is 1. The largest absolute Gasteiger partial charge is 0.465 e. The molecule has 4 heteroatoms. The minimum atomic E-state index is 0.109. The number of nitrogens with zero attached hydrogens (tertiary/aromatic N) is 1. The molecule has 2 aliphatic heterocycles. The number of fused-ring (bicyclic) bond motifs is 1. The Balaban J connectivity index is 1.69. The standard InChI is InChI=1S/C15H20N2O2/c1-2-14-13-9-16-8-11(13)10-17(14)15(18)6-5-12-4-3-7-19-12/h3-7,11,13-14,16H,2,8-10H2,1H3. The molecular weight excluding hydrogens is 240 g/mol. The second-order valence-electron chi connectivity index (χ2n) is 5.40. The summed E-state index contributed by atoms with van der Waals surface area (Å²) in [4.78, 5) is 14.4. The van der Waals surface area contributed by atoms with Crippen LogP contribution in [0.1, 0.15) is 19.1 Å². The minimum absolute atomic E-state index is 0.109. The first-order valence-corrected chi connectivity index (χ1v) is 7.02. The van der Waals surface area contributed by atoms with Crippen molar-refractivity contribution in [3.05, 3.63) is 30.2 Å². The number of amides is 1. The Morgan fingerprint density at radius 3 is 3.21 bits per heavy atom. The Morgan fingerprint density at radius 1 is 1.58 bits per heavy atom. The van der Waals surface area contributed by atoms with E-state index in [1.807, 2.05) is 17.0 Å². The molecule has 3 unspecified atom stereocenters. The van der Waals surface area contributed by atoms with Gasteiger partial charge in [0.1, 0.15) is 5.76 Å². The number of carbonyl (C=O) groups excluding carboxylic acids is 1. The summed E-state index contributed by atoms with van der Waals surface area (Å²) in [6.45, 7) is 5.15. The van der Waals surface area contributed by atoms with E-state index in [2.05, 4.69) is 12.2 Å². The molecule has 2 fully saturated rings. The molecule has 2 saturated heterocycles. The second kappa shape index (κ2) is 5.21. The van der Waals surface area contributed by atoms with Crippen LogP contribution in [0.3, 0.4) is 0 Å². The lowest BCUT2D eigenvalue weighted by atomic mass is 9.93. The molecule has 1 N–H and O–H groups in total. The lowest BCUT2D eigenvalue weighted by Crippen LogP contribution is -2.38. The zero-order valence-electron chi connectivity index (χ0n) is 11.2. The van der Waals surface area contributed by atoms with Gasteiger partial charge in [0.05, 0.1) is 6.26 Å². The molecule has 0 aliphatic carbocycles. The van der Waals surface area contributed by atoms with E-state index in [1.54, 1.807) is 18.4 Å². The van der Waals surface area contributed by atoms with E-state index < -0.39 is 0 Å². The molecule has 1 aromatic heterocycles. The third-order valence-electron chi connectivity index (χ3n) is 4.35. The summed E-state index contributed by atoms with van der Waals surface area (Å²) < 4.78 is 5.21. The molecule has 0 aromatic carbocycles. The van der Waals surface area contributed by atoms with Gasteiger partial charge in [-0.2, -0.15) is 0 Å². The van der Waals surface area contributed by atoms with Gasteiger partial charge < -0.3 is 14.6 Å². The predicted molar refractivity (Wildman–Crippen MR) is 73.4 cm³/mol. The van der Waals surface area contributed by atoms with E-state index in [4.69, 9.17) is 4.42 Å². The third-order valence-corrected chi connectivity index (χ3v) is 4.35. The highest BCUT2D eigenvalue weighted by molar-refractivity contribution is 5.91. The van der Waals surface area contributed by atoms with Crippen molar-refractivity contribution in [3.63, 3.8) is 0 Å². The van der Waals surface area contributed by atoms with Crippen LogP contribution in [-0.4, -0.2) is 36.5 Å². The highest BCUT2D eigenvalue weighted by Crippen LogP contribution is 2.34. The Bertz CT molecular complexity index is 466. The molecule has 1 amide bonds. The van der Waals surface area contributed by atoms with Crippen molar-refractivity contribution < 1.29 is 9.21 Å². The number of rotatable bonds is 3. The Labute approximate surface area is 113 Å². The Kier molecular flexibility index (Phi) is 3.42. The fourth-order valence-electron chi connectivity index (χ4n) is 3.43. The van der Waals surface area contributed by atoms with Crippen LogP contribution in [0.15, 0.2) is 28.9 Å². The number of likely N-dealkylation sites (tertiary alicyclic amines) is 1. The van der Waals surface area contributed by atoms with Crippen molar-refractivity contribution in [2.45, 2.75) is 19.4 Å². The van der Waals surface area contributed by atoms with E-state index in [1.165, 1.54) is 0 Å². The SMILES string of the molecule is CCC1C2CNCC2CN1C(=O)C=Cc1ccco1. The van der Waals surface area contributed by atoms with Gasteiger partial charge in [-0.05, 0) is 36.5 Å². The van der Waals surface area contributed by atoms with Gasteiger partial charge in [0, 0.05) is 31.8 Å². The van der Waals surface area contributed by atoms with E-state index >= 15 is 0 Å². The summed E-state index contributed by atoms with van der Waals surface area (Å²) in [6.07, 6.45) is 6.03. The van der Waals surface area contributed by atoms with Crippen LogP contribution in [0.5, 0.6) is 0 Å². The zero-order valence-corrected chi connectivity index (χ0v) is 11.2. The number of hydrogen-bond donors (Lipinski definition) is 1. The number of hydrogen-bond acceptors (Lipinski definition) is 3. The lowest BCUT2D eigenvalue weighted by molar-refractivity contribution is -0.127. The van der Waals surface area contributed by atoms with Crippen LogP contribution in [-0.2, 0) is 4.79 Å². The van der Waals surface area contributed by atoms with E-state index in [0.29, 0.717) is 17.9 Å². The first kappa shape index (κ1) is 12.5. The quantitative estimate of drug-likeness (QED) is 0.842. The maximum Gasteiger partial charge on any atom is 0.246 e. The number of nitrogens with one attached hydrogen (secondary N) is 1. The van der Waals surface area contributed by atoms with Gasteiger partial charge in [-0.15, -0.1) is 0 Å². The lowest BCUT2D eigenvalue weighted by Gasteiger charge is -2.25. The molecule has 19 heavy (non-hydrogen) atoms. The molecule has 3 atom stereocenters. The van der Waals surface area contributed by atoms with E-state index in [9.17, 15) is 4.79 Å². The van der Waals surface area contributed by atoms with Crippen LogP contribution in [0.25, 0.3) is 6.08 Å². The molecule has 1 aromatic rings. The maximum atomic E-state index is 12.3. The van der Waals surface area contributed by atoms with Crippen molar-refractivity contribution in [3.8, 4) is 0 Å². The molecule has 0 bridgehead atoms. The van der Waals surface area contributed by atoms with Crippen molar-refractivity contribution in [1.29, 1.82) is 0 Å². The van der Waals surface area contributed by atoms with Crippen molar-refractivity contribution in [2.24, 2.45) is 11.8 Å². The van der Waals surface area contributed by atoms with E-state index in [0.717, 1.165) is 31.8 Å². The van der Waals surface area contributed by atoms with Gasteiger partial charge in [0.25, 0.3) is 0 Å². The monoisotopic (exact) mass is 260 g/mol. The summed E-state index contributed by atoms with van der Waals surface area (Å²) in [6, 6.07) is 4.06. The average Bonchev–Trinajstić information content (AvgIpc) is 3.11. The first-order chi connectivity index (χ1) is 9.29. The van der Waals surface area contributed by atoms with Crippen LogP contribution >= 0.6 is 0 Å². The first-order valence-electron chi connectivity index (χ1n) is 7.02. The summed E-state index contributed by atoms with van der Waals surface area (Å²) in [5, 5.41) is 3.43. The molecular formula is C15H20N2O2. The summed E-state index contributed by atoms with van der Waals surface area (Å²) in [5.41, 5.74) is 0. The topological polar surface area (TPSA) is 45.5 Å². The smallest absolute Gasteiger partial charge is 0.246 e. The van der Waals surface area contributed by atoms with Gasteiger partial charge in [0.2, 0.25) is 5.91 Å². The van der Waals surface area contributed by atoms with Crippen LogP contribution in [0.2, 0.25) is 0 Å². The third kappa shape index (κ3) is 2.32.